The summed E-state index contributed by atoms with van der Waals surface area (Å²) in [5, 5.41) is 13.0. The quantitative estimate of drug-likeness (QED) is 0.811. The van der Waals surface area contributed by atoms with Crippen LogP contribution in [-0.4, -0.2) is 17.8 Å². The Labute approximate surface area is 96.3 Å². The van der Waals surface area contributed by atoms with Gasteiger partial charge in [-0.25, -0.2) is 0 Å². The molecule has 2 atom stereocenters. The molecule has 1 aromatic carbocycles. The Hall–Kier alpha value is -0.570. The molecule has 0 fully saturated rings. The number of aliphatic hydroxyl groups excluding tert-OH is 1. The van der Waals surface area contributed by atoms with E-state index in [4.69, 9.17) is 16.7 Å². The molecule has 0 amide bonds. The number of hydrogen-bond donors (Lipinski definition) is 2. The third-order valence-electron chi connectivity index (χ3n) is 2.47. The molecule has 1 rings (SSSR count). The van der Waals surface area contributed by atoms with Crippen LogP contribution in [0.5, 0.6) is 0 Å². The predicted molar refractivity (Wildman–Crippen MR) is 64.2 cm³/mol. The van der Waals surface area contributed by atoms with Crippen LogP contribution < -0.4 is 5.32 Å². The second kappa shape index (κ2) is 6.11. The fourth-order valence-electron chi connectivity index (χ4n) is 1.55. The fraction of sp³-hybridized carbons (Fsp3) is 0.500. The Morgan fingerprint density at radius 1 is 1.27 bits per heavy atom. The summed E-state index contributed by atoms with van der Waals surface area (Å²) in [4.78, 5) is 0. The molecule has 0 saturated heterocycles. The summed E-state index contributed by atoms with van der Waals surface area (Å²) < 4.78 is 0. The van der Waals surface area contributed by atoms with E-state index in [0.717, 1.165) is 11.4 Å². The second-order valence-corrected chi connectivity index (χ2v) is 4.29. The molecule has 0 spiro atoms. The highest BCUT2D eigenvalue weighted by Crippen LogP contribution is 2.16. The number of halogens is 1. The van der Waals surface area contributed by atoms with Gasteiger partial charge in [-0.1, -0.05) is 23.7 Å². The zero-order valence-electron chi connectivity index (χ0n) is 9.20. The predicted octanol–water partition coefficient (Wildman–Crippen LogP) is 2.76. The van der Waals surface area contributed by atoms with Crippen LogP contribution in [0.4, 0.5) is 0 Å². The van der Waals surface area contributed by atoms with Crippen molar-refractivity contribution in [2.45, 2.75) is 32.4 Å². The summed E-state index contributed by atoms with van der Waals surface area (Å²) in [6.07, 6.45) is 0.776. The summed E-state index contributed by atoms with van der Waals surface area (Å²) in [5.41, 5.74) is 1.21. The second-order valence-electron chi connectivity index (χ2n) is 3.85. The number of benzene rings is 1. The molecule has 15 heavy (non-hydrogen) atoms. The number of nitrogens with one attached hydrogen (secondary N) is 1. The van der Waals surface area contributed by atoms with Gasteiger partial charge in [0.25, 0.3) is 0 Å². The van der Waals surface area contributed by atoms with Crippen molar-refractivity contribution in [3.63, 3.8) is 0 Å². The maximum Gasteiger partial charge on any atom is 0.0445 e. The van der Waals surface area contributed by atoms with Crippen molar-refractivity contribution in [2.75, 3.05) is 6.61 Å². The first-order valence-corrected chi connectivity index (χ1v) is 5.63. The Morgan fingerprint density at radius 2 is 1.87 bits per heavy atom. The van der Waals surface area contributed by atoms with Gasteiger partial charge in [0.2, 0.25) is 0 Å². The van der Waals surface area contributed by atoms with Gasteiger partial charge in [-0.3, -0.25) is 0 Å². The van der Waals surface area contributed by atoms with Gasteiger partial charge in [0.15, 0.2) is 0 Å². The summed E-state index contributed by atoms with van der Waals surface area (Å²) >= 11 is 5.82. The zero-order chi connectivity index (χ0) is 11.3. The minimum Gasteiger partial charge on any atom is -0.396 e. The molecule has 0 bridgehead atoms. The molecule has 0 heterocycles. The molecule has 3 heteroatoms. The first-order valence-electron chi connectivity index (χ1n) is 5.26. The van der Waals surface area contributed by atoms with E-state index in [2.05, 4.69) is 19.2 Å². The van der Waals surface area contributed by atoms with E-state index in [-0.39, 0.29) is 12.6 Å². The van der Waals surface area contributed by atoms with Gasteiger partial charge < -0.3 is 10.4 Å². The molecule has 0 aromatic heterocycles. The van der Waals surface area contributed by atoms with E-state index < -0.39 is 0 Å². The van der Waals surface area contributed by atoms with E-state index in [1.807, 2.05) is 24.3 Å². The first-order chi connectivity index (χ1) is 7.13. The van der Waals surface area contributed by atoms with E-state index in [1.165, 1.54) is 5.56 Å². The summed E-state index contributed by atoms with van der Waals surface area (Å²) in [6.45, 7) is 4.40. The number of aliphatic hydroxyl groups is 1. The minimum absolute atomic E-state index is 0.224. The molecule has 0 radical (unpaired) electrons. The lowest BCUT2D eigenvalue weighted by Crippen LogP contribution is -2.29. The average Bonchev–Trinajstić information content (AvgIpc) is 2.18. The molecule has 1 aromatic rings. The molecule has 2 N–H and O–H groups in total. The van der Waals surface area contributed by atoms with Gasteiger partial charge in [0, 0.05) is 23.7 Å². The zero-order valence-corrected chi connectivity index (χ0v) is 9.96. The average molecular weight is 228 g/mol. The van der Waals surface area contributed by atoms with E-state index >= 15 is 0 Å². The highest BCUT2D eigenvalue weighted by Gasteiger charge is 2.08. The monoisotopic (exact) mass is 227 g/mol. The molecule has 84 valence electrons. The molecular weight excluding hydrogens is 210 g/mol. The molecule has 0 aliphatic carbocycles. The maximum absolute atomic E-state index is 8.80. The molecular formula is C12H18ClNO. The van der Waals surface area contributed by atoms with Crippen LogP contribution in [0.15, 0.2) is 24.3 Å². The van der Waals surface area contributed by atoms with Crippen LogP contribution in [0.1, 0.15) is 31.9 Å². The van der Waals surface area contributed by atoms with Crippen LogP contribution in [-0.2, 0) is 0 Å². The Kier molecular flexibility index (Phi) is 5.09. The van der Waals surface area contributed by atoms with Gasteiger partial charge in [-0.15, -0.1) is 0 Å². The summed E-state index contributed by atoms with van der Waals surface area (Å²) in [7, 11) is 0. The van der Waals surface area contributed by atoms with Gasteiger partial charge in [0.05, 0.1) is 0 Å². The Morgan fingerprint density at radius 3 is 2.40 bits per heavy atom. The van der Waals surface area contributed by atoms with E-state index in [9.17, 15) is 0 Å². The van der Waals surface area contributed by atoms with Crippen LogP contribution >= 0.6 is 11.6 Å². The van der Waals surface area contributed by atoms with E-state index in [1.54, 1.807) is 0 Å². The minimum atomic E-state index is 0.224. The summed E-state index contributed by atoms with van der Waals surface area (Å²) in [6, 6.07) is 8.43. The standard InChI is InChI=1S/C12H18ClNO/c1-9(7-8-15)14-10(2)11-3-5-12(13)6-4-11/h3-6,9-10,14-15H,7-8H2,1-2H3. The molecule has 0 aliphatic heterocycles. The van der Waals surface area contributed by atoms with Crippen LogP contribution in [0.25, 0.3) is 0 Å². The van der Waals surface area contributed by atoms with Crippen molar-refractivity contribution >= 4 is 11.6 Å². The normalized spacial score (nSPS) is 14.9. The highest BCUT2D eigenvalue weighted by atomic mass is 35.5. The SMILES string of the molecule is CC(CCO)NC(C)c1ccc(Cl)cc1. The largest absolute Gasteiger partial charge is 0.396 e. The van der Waals surface area contributed by atoms with Crippen LogP contribution in [0, 0.1) is 0 Å². The van der Waals surface area contributed by atoms with Crippen molar-refractivity contribution in [1.82, 2.24) is 5.32 Å². The topological polar surface area (TPSA) is 32.3 Å². The van der Waals surface area contributed by atoms with Crippen molar-refractivity contribution in [1.29, 1.82) is 0 Å². The van der Waals surface area contributed by atoms with Gasteiger partial charge in [-0.05, 0) is 38.0 Å². The van der Waals surface area contributed by atoms with Gasteiger partial charge in [-0.2, -0.15) is 0 Å². The van der Waals surface area contributed by atoms with Crippen molar-refractivity contribution in [3.8, 4) is 0 Å². The first kappa shape index (κ1) is 12.5. The lowest BCUT2D eigenvalue weighted by Gasteiger charge is -2.19. The summed E-state index contributed by atoms with van der Waals surface area (Å²) in [5.74, 6) is 0. The third-order valence-corrected chi connectivity index (χ3v) is 2.72. The van der Waals surface area contributed by atoms with Crippen LogP contribution in [0.2, 0.25) is 5.02 Å². The highest BCUT2D eigenvalue weighted by molar-refractivity contribution is 6.30. The van der Waals surface area contributed by atoms with Gasteiger partial charge in [0.1, 0.15) is 0 Å². The third kappa shape index (κ3) is 4.20. The number of rotatable bonds is 5. The Bertz CT molecular complexity index is 286. The lowest BCUT2D eigenvalue weighted by molar-refractivity contribution is 0.264. The van der Waals surface area contributed by atoms with Crippen molar-refractivity contribution < 1.29 is 5.11 Å². The number of hydrogen-bond acceptors (Lipinski definition) is 2. The van der Waals surface area contributed by atoms with Crippen molar-refractivity contribution in [2.24, 2.45) is 0 Å². The van der Waals surface area contributed by atoms with Crippen molar-refractivity contribution in [3.05, 3.63) is 34.9 Å². The molecule has 0 saturated carbocycles. The van der Waals surface area contributed by atoms with Crippen LogP contribution in [0.3, 0.4) is 0 Å². The molecule has 0 aliphatic rings. The molecule has 2 unspecified atom stereocenters. The lowest BCUT2D eigenvalue weighted by atomic mass is 10.1. The van der Waals surface area contributed by atoms with Gasteiger partial charge >= 0.3 is 0 Å². The maximum atomic E-state index is 8.80. The Balaban J connectivity index is 2.53. The molecule has 2 nitrogen and oxygen atoms in total. The van der Waals surface area contributed by atoms with E-state index in [0.29, 0.717) is 6.04 Å². The smallest absolute Gasteiger partial charge is 0.0445 e. The fourth-order valence-corrected chi connectivity index (χ4v) is 1.68.